The number of esters is 2. The molecule has 0 aliphatic rings. The third kappa shape index (κ3) is 3.11. The van der Waals surface area contributed by atoms with E-state index < -0.39 is 11.9 Å². The molecule has 0 unspecified atom stereocenters. The number of hydrogen-bond donors (Lipinski definition) is 0. The van der Waals surface area contributed by atoms with Gasteiger partial charge in [0.15, 0.2) is 0 Å². The molecule has 0 aliphatic carbocycles. The van der Waals surface area contributed by atoms with Crippen molar-refractivity contribution in [3.8, 4) is 11.1 Å². The average Bonchev–Trinajstić information content (AvgIpc) is 2.53. The highest BCUT2D eigenvalue weighted by atomic mass is 79.9. The maximum atomic E-state index is 11.9. The standard InChI is InChI=1S/C15H12BrNO4/c1-20-14(18)11-7-17-8-12(15(19)21-2)13(11)9-3-5-10(16)6-4-9/h3-8H,1-2H3. The maximum Gasteiger partial charge on any atom is 0.340 e. The number of pyridine rings is 1. The second kappa shape index (κ2) is 6.49. The monoisotopic (exact) mass is 349 g/mol. The van der Waals surface area contributed by atoms with Crippen LogP contribution >= 0.6 is 15.9 Å². The molecule has 2 aromatic rings. The molecule has 0 amide bonds. The average molecular weight is 350 g/mol. The van der Waals surface area contributed by atoms with Gasteiger partial charge < -0.3 is 9.47 Å². The molecule has 0 saturated heterocycles. The molecule has 5 nitrogen and oxygen atoms in total. The molecule has 1 heterocycles. The summed E-state index contributed by atoms with van der Waals surface area (Å²) >= 11 is 3.34. The van der Waals surface area contributed by atoms with Crippen molar-refractivity contribution in [3.63, 3.8) is 0 Å². The first-order chi connectivity index (χ1) is 10.1. The van der Waals surface area contributed by atoms with Crippen LogP contribution in [0.4, 0.5) is 0 Å². The molecular weight excluding hydrogens is 338 g/mol. The highest BCUT2D eigenvalue weighted by Gasteiger charge is 2.22. The van der Waals surface area contributed by atoms with Crippen molar-refractivity contribution in [3.05, 3.63) is 52.3 Å². The minimum atomic E-state index is -0.564. The number of carbonyl (C=O) groups is 2. The molecule has 108 valence electrons. The summed E-state index contributed by atoms with van der Waals surface area (Å²) in [5, 5.41) is 0. The van der Waals surface area contributed by atoms with E-state index >= 15 is 0 Å². The largest absolute Gasteiger partial charge is 0.465 e. The third-order valence-electron chi connectivity index (χ3n) is 2.89. The summed E-state index contributed by atoms with van der Waals surface area (Å²) in [6.07, 6.45) is 2.74. The van der Waals surface area contributed by atoms with E-state index in [0.29, 0.717) is 11.1 Å². The highest BCUT2D eigenvalue weighted by Crippen LogP contribution is 2.29. The Morgan fingerprint density at radius 2 is 1.43 bits per heavy atom. The molecule has 0 N–H and O–H groups in total. The molecule has 0 saturated carbocycles. The summed E-state index contributed by atoms with van der Waals surface area (Å²) in [7, 11) is 2.55. The Labute approximate surface area is 130 Å². The molecule has 21 heavy (non-hydrogen) atoms. The number of ether oxygens (including phenoxy) is 2. The molecule has 6 heteroatoms. The third-order valence-corrected chi connectivity index (χ3v) is 3.42. The van der Waals surface area contributed by atoms with Gasteiger partial charge in [0.2, 0.25) is 0 Å². The van der Waals surface area contributed by atoms with Crippen LogP contribution < -0.4 is 0 Å². The predicted octanol–water partition coefficient (Wildman–Crippen LogP) is 3.08. The van der Waals surface area contributed by atoms with Gasteiger partial charge in [-0.15, -0.1) is 0 Å². The van der Waals surface area contributed by atoms with Crippen molar-refractivity contribution in [2.24, 2.45) is 0 Å². The van der Waals surface area contributed by atoms with Crippen LogP contribution in [-0.2, 0) is 9.47 Å². The summed E-state index contributed by atoms with van der Waals surface area (Å²) in [4.78, 5) is 27.7. The van der Waals surface area contributed by atoms with E-state index in [1.54, 1.807) is 12.1 Å². The van der Waals surface area contributed by atoms with Crippen molar-refractivity contribution in [1.82, 2.24) is 4.98 Å². The van der Waals surface area contributed by atoms with Gasteiger partial charge in [0.1, 0.15) is 0 Å². The molecule has 0 radical (unpaired) electrons. The molecule has 2 rings (SSSR count). The van der Waals surface area contributed by atoms with E-state index in [4.69, 9.17) is 9.47 Å². The summed E-state index contributed by atoms with van der Waals surface area (Å²) in [6, 6.07) is 7.21. The lowest BCUT2D eigenvalue weighted by Gasteiger charge is -2.12. The van der Waals surface area contributed by atoms with Crippen molar-refractivity contribution >= 4 is 27.9 Å². The predicted molar refractivity (Wildman–Crippen MR) is 80.1 cm³/mol. The Kier molecular flexibility index (Phi) is 4.70. The number of methoxy groups -OCH3 is 2. The van der Waals surface area contributed by atoms with Gasteiger partial charge in [0, 0.05) is 22.4 Å². The van der Waals surface area contributed by atoms with Crippen LogP contribution in [0.2, 0.25) is 0 Å². The van der Waals surface area contributed by atoms with E-state index in [0.717, 1.165) is 4.47 Å². The first kappa shape index (κ1) is 15.2. The van der Waals surface area contributed by atoms with Crippen LogP contribution in [0.5, 0.6) is 0 Å². The van der Waals surface area contributed by atoms with E-state index in [1.807, 2.05) is 12.1 Å². The number of carbonyl (C=O) groups excluding carboxylic acids is 2. The van der Waals surface area contributed by atoms with E-state index in [1.165, 1.54) is 26.6 Å². The second-order valence-electron chi connectivity index (χ2n) is 4.10. The van der Waals surface area contributed by atoms with Gasteiger partial charge in [-0.1, -0.05) is 28.1 Å². The zero-order valence-electron chi connectivity index (χ0n) is 11.4. The minimum absolute atomic E-state index is 0.211. The lowest BCUT2D eigenvalue weighted by molar-refractivity contribution is 0.0600. The Hall–Kier alpha value is -2.21. The number of rotatable bonds is 3. The lowest BCUT2D eigenvalue weighted by Crippen LogP contribution is -2.11. The van der Waals surface area contributed by atoms with Crippen LogP contribution in [-0.4, -0.2) is 31.1 Å². The first-order valence-corrected chi connectivity index (χ1v) is 6.78. The van der Waals surface area contributed by atoms with Crippen LogP contribution in [0.15, 0.2) is 41.1 Å². The number of halogens is 1. The summed E-state index contributed by atoms with van der Waals surface area (Å²) in [5.41, 5.74) is 1.56. The van der Waals surface area contributed by atoms with Crippen LogP contribution in [0.25, 0.3) is 11.1 Å². The fraction of sp³-hybridized carbons (Fsp3) is 0.133. The van der Waals surface area contributed by atoms with Gasteiger partial charge in [-0.05, 0) is 17.7 Å². The van der Waals surface area contributed by atoms with Crippen LogP contribution in [0.3, 0.4) is 0 Å². The molecular formula is C15H12BrNO4. The van der Waals surface area contributed by atoms with Gasteiger partial charge in [-0.3, -0.25) is 4.98 Å². The van der Waals surface area contributed by atoms with Gasteiger partial charge in [-0.25, -0.2) is 9.59 Å². The summed E-state index contributed by atoms with van der Waals surface area (Å²) in [6.45, 7) is 0. The zero-order valence-corrected chi connectivity index (χ0v) is 13.0. The van der Waals surface area contributed by atoms with Crippen LogP contribution in [0, 0.1) is 0 Å². The van der Waals surface area contributed by atoms with Crippen molar-refractivity contribution < 1.29 is 19.1 Å². The Morgan fingerprint density at radius 1 is 0.952 bits per heavy atom. The maximum absolute atomic E-state index is 11.9. The molecule has 0 spiro atoms. The Balaban J connectivity index is 2.71. The summed E-state index contributed by atoms with van der Waals surface area (Å²) < 4.78 is 10.4. The number of benzene rings is 1. The van der Waals surface area contributed by atoms with E-state index in [9.17, 15) is 9.59 Å². The number of nitrogens with zero attached hydrogens (tertiary/aromatic N) is 1. The van der Waals surface area contributed by atoms with Crippen molar-refractivity contribution in [2.45, 2.75) is 0 Å². The van der Waals surface area contributed by atoms with Crippen LogP contribution in [0.1, 0.15) is 20.7 Å². The Bertz CT molecular complexity index is 648. The van der Waals surface area contributed by atoms with E-state index in [2.05, 4.69) is 20.9 Å². The lowest BCUT2D eigenvalue weighted by atomic mass is 9.96. The Morgan fingerprint density at radius 3 is 1.86 bits per heavy atom. The molecule has 1 aromatic heterocycles. The second-order valence-corrected chi connectivity index (χ2v) is 5.02. The fourth-order valence-corrected chi connectivity index (χ4v) is 2.18. The molecule has 1 aromatic carbocycles. The highest BCUT2D eigenvalue weighted by molar-refractivity contribution is 9.10. The topological polar surface area (TPSA) is 65.5 Å². The van der Waals surface area contributed by atoms with Gasteiger partial charge in [-0.2, -0.15) is 0 Å². The fourth-order valence-electron chi connectivity index (χ4n) is 1.92. The summed E-state index contributed by atoms with van der Waals surface area (Å²) in [5.74, 6) is -1.13. The normalized spacial score (nSPS) is 10.0. The molecule has 0 bridgehead atoms. The van der Waals surface area contributed by atoms with Crippen molar-refractivity contribution in [2.75, 3.05) is 14.2 Å². The molecule has 0 atom stereocenters. The molecule has 0 fully saturated rings. The SMILES string of the molecule is COC(=O)c1cncc(C(=O)OC)c1-c1ccc(Br)cc1. The number of hydrogen-bond acceptors (Lipinski definition) is 5. The zero-order chi connectivity index (χ0) is 15.4. The van der Waals surface area contributed by atoms with Gasteiger partial charge >= 0.3 is 11.9 Å². The minimum Gasteiger partial charge on any atom is -0.465 e. The van der Waals surface area contributed by atoms with Crippen molar-refractivity contribution in [1.29, 1.82) is 0 Å². The number of aromatic nitrogens is 1. The molecule has 0 aliphatic heterocycles. The van der Waals surface area contributed by atoms with E-state index in [-0.39, 0.29) is 11.1 Å². The quantitative estimate of drug-likeness (QED) is 0.796. The van der Waals surface area contributed by atoms with Gasteiger partial charge in [0.25, 0.3) is 0 Å². The van der Waals surface area contributed by atoms with Gasteiger partial charge in [0.05, 0.1) is 25.3 Å². The first-order valence-electron chi connectivity index (χ1n) is 5.99. The smallest absolute Gasteiger partial charge is 0.340 e.